The first-order chi connectivity index (χ1) is 5.62. The summed E-state index contributed by atoms with van der Waals surface area (Å²) in [5, 5.41) is 8.21. The van der Waals surface area contributed by atoms with Gasteiger partial charge in [0.2, 0.25) is 0 Å². The zero-order chi connectivity index (χ0) is 10.7. The summed E-state index contributed by atoms with van der Waals surface area (Å²) < 4.78 is 34.7. The van der Waals surface area contributed by atoms with Crippen molar-refractivity contribution in [3.63, 3.8) is 0 Å². The molecule has 0 fully saturated rings. The van der Waals surface area contributed by atoms with Crippen LogP contribution < -0.4 is 0 Å². The lowest BCUT2D eigenvalue weighted by atomic mass is 10.1. The van der Waals surface area contributed by atoms with Crippen LogP contribution >= 0.6 is 0 Å². The van der Waals surface area contributed by atoms with E-state index in [2.05, 4.69) is 0 Å². The van der Waals surface area contributed by atoms with Gasteiger partial charge in [-0.3, -0.25) is 4.79 Å². The van der Waals surface area contributed by atoms with E-state index in [-0.39, 0.29) is 6.42 Å². The molecule has 0 aliphatic carbocycles. The summed E-state index contributed by atoms with van der Waals surface area (Å²) in [5.74, 6) is -2.76. The number of alkyl halides is 1. The number of carboxylic acids is 1. The van der Waals surface area contributed by atoms with Gasteiger partial charge in [-0.05, 0) is 20.3 Å². The molecule has 78 valence electrons. The number of hydrogen-bond donors (Lipinski definition) is 1. The van der Waals surface area contributed by atoms with Gasteiger partial charge in [-0.2, -0.15) is 0 Å². The Morgan fingerprint density at radius 2 is 1.92 bits per heavy atom. The fourth-order valence-corrected chi connectivity index (χ4v) is 1.98. The maximum atomic E-state index is 12.8. The van der Waals surface area contributed by atoms with Gasteiger partial charge in [0.25, 0.3) is 0 Å². The molecule has 0 aliphatic heterocycles. The van der Waals surface area contributed by atoms with Crippen molar-refractivity contribution < 1.29 is 22.7 Å². The molecular formula is C7H13FO4S. The van der Waals surface area contributed by atoms with E-state index in [4.69, 9.17) is 5.11 Å². The van der Waals surface area contributed by atoms with Crippen LogP contribution in [0.3, 0.4) is 0 Å². The Bertz CT molecular complexity index is 275. The Kier molecular flexibility index (Phi) is 3.84. The molecule has 0 bridgehead atoms. The minimum atomic E-state index is -3.65. The predicted molar refractivity (Wildman–Crippen MR) is 46.1 cm³/mol. The fraction of sp³-hybridized carbons (Fsp3) is 0.857. The summed E-state index contributed by atoms with van der Waals surface area (Å²) in [5.41, 5.74) is -1.58. The predicted octanol–water partition coefficient (Wildman–Crippen LogP) is 0.624. The molecular weight excluding hydrogens is 199 g/mol. The molecule has 0 aromatic rings. The quantitative estimate of drug-likeness (QED) is 0.725. The second-order valence-electron chi connectivity index (χ2n) is 3.45. The lowest BCUT2D eigenvalue weighted by molar-refractivity contribution is -0.134. The van der Waals surface area contributed by atoms with Gasteiger partial charge in [0, 0.05) is 0 Å². The summed E-state index contributed by atoms with van der Waals surface area (Å²) in [4.78, 5) is 10.1. The van der Waals surface area contributed by atoms with Crippen molar-refractivity contribution in [1.29, 1.82) is 0 Å². The number of sulfone groups is 1. The number of halogens is 1. The first kappa shape index (κ1) is 12.3. The van der Waals surface area contributed by atoms with Gasteiger partial charge in [-0.15, -0.1) is 0 Å². The molecule has 0 unspecified atom stereocenters. The molecule has 0 aromatic heterocycles. The standard InChI is InChI=1S/C7H13FO4S/c1-7(2,8)3-4-13(11,12)5-6(9)10/h3-5H2,1-2H3,(H,9,10). The first-order valence-electron chi connectivity index (χ1n) is 3.73. The van der Waals surface area contributed by atoms with Crippen molar-refractivity contribution in [2.75, 3.05) is 11.5 Å². The van der Waals surface area contributed by atoms with Crippen LogP contribution in [0.2, 0.25) is 0 Å². The third-order valence-electron chi connectivity index (χ3n) is 1.35. The van der Waals surface area contributed by atoms with Crippen LogP contribution in [-0.2, 0) is 14.6 Å². The third-order valence-corrected chi connectivity index (χ3v) is 2.86. The highest BCUT2D eigenvalue weighted by atomic mass is 32.2. The van der Waals surface area contributed by atoms with Crippen LogP contribution in [0.25, 0.3) is 0 Å². The second kappa shape index (κ2) is 4.04. The molecule has 0 atom stereocenters. The molecule has 0 rings (SSSR count). The third kappa shape index (κ3) is 7.70. The SMILES string of the molecule is CC(C)(F)CCS(=O)(=O)CC(=O)O. The number of carbonyl (C=O) groups is 1. The van der Waals surface area contributed by atoms with Crippen molar-refractivity contribution in [1.82, 2.24) is 0 Å². The Labute approximate surface area is 76.7 Å². The summed E-state index contributed by atoms with van der Waals surface area (Å²) in [6.45, 7) is 2.51. The molecule has 1 N–H and O–H groups in total. The van der Waals surface area contributed by atoms with Crippen LogP contribution in [0.1, 0.15) is 20.3 Å². The number of carboxylic acid groups (broad SMARTS) is 1. The Morgan fingerprint density at radius 3 is 2.23 bits per heavy atom. The van der Waals surface area contributed by atoms with Gasteiger partial charge >= 0.3 is 5.97 Å². The molecule has 0 radical (unpaired) electrons. The Balaban J connectivity index is 4.13. The summed E-state index contributed by atoms with van der Waals surface area (Å²) in [6.07, 6.45) is -0.178. The zero-order valence-electron chi connectivity index (χ0n) is 7.58. The van der Waals surface area contributed by atoms with Crippen LogP contribution in [0.15, 0.2) is 0 Å². The zero-order valence-corrected chi connectivity index (χ0v) is 8.40. The smallest absolute Gasteiger partial charge is 0.318 e. The molecule has 0 amide bonds. The van der Waals surface area contributed by atoms with E-state index in [1.165, 1.54) is 13.8 Å². The van der Waals surface area contributed by atoms with Crippen LogP contribution in [0.5, 0.6) is 0 Å². The van der Waals surface area contributed by atoms with E-state index >= 15 is 0 Å². The van der Waals surface area contributed by atoms with Gasteiger partial charge < -0.3 is 5.11 Å². The highest BCUT2D eigenvalue weighted by molar-refractivity contribution is 7.92. The van der Waals surface area contributed by atoms with E-state index < -0.39 is 33.0 Å². The van der Waals surface area contributed by atoms with Gasteiger partial charge in [0.05, 0.1) is 5.75 Å². The van der Waals surface area contributed by atoms with Gasteiger partial charge in [0.15, 0.2) is 9.84 Å². The number of aliphatic carboxylic acids is 1. The number of rotatable bonds is 5. The summed E-state index contributed by atoms with van der Waals surface area (Å²) >= 11 is 0. The molecule has 0 aliphatic rings. The molecule has 0 spiro atoms. The number of hydrogen-bond acceptors (Lipinski definition) is 3. The van der Waals surface area contributed by atoms with Crippen molar-refractivity contribution in [2.24, 2.45) is 0 Å². The maximum absolute atomic E-state index is 12.8. The lowest BCUT2D eigenvalue weighted by Gasteiger charge is -2.12. The summed E-state index contributed by atoms with van der Waals surface area (Å²) in [6, 6.07) is 0. The van der Waals surface area contributed by atoms with E-state index in [0.717, 1.165) is 0 Å². The second-order valence-corrected chi connectivity index (χ2v) is 5.64. The highest BCUT2D eigenvalue weighted by Gasteiger charge is 2.22. The van der Waals surface area contributed by atoms with E-state index in [9.17, 15) is 17.6 Å². The minimum absolute atomic E-state index is 0.178. The summed E-state index contributed by atoms with van der Waals surface area (Å²) in [7, 11) is -3.65. The van der Waals surface area contributed by atoms with Crippen molar-refractivity contribution >= 4 is 15.8 Å². The van der Waals surface area contributed by atoms with E-state index in [1.54, 1.807) is 0 Å². The molecule has 13 heavy (non-hydrogen) atoms. The average molecular weight is 212 g/mol. The van der Waals surface area contributed by atoms with Crippen LogP contribution in [0, 0.1) is 0 Å². The van der Waals surface area contributed by atoms with Crippen LogP contribution in [0.4, 0.5) is 4.39 Å². The first-order valence-corrected chi connectivity index (χ1v) is 5.56. The normalized spacial score (nSPS) is 12.8. The van der Waals surface area contributed by atoms with Gasteiger partial charge in [-0.1, -0.05) is 0 Å². The monoisotopic (exact) mass is 212 g/mol. The van der Waals surface area contributed by atoms with Crippen molar-refractivity contribution in [2.45, 2.75) is 25.9 Å². The molecule has 0 saturated heterocycles. The van der Waals surface area contributed by atoms with Gasteiger partial charge in [-0.25, -0.2) is 12.8 Å². The Hall–Kier alpha value is -0.650. The van der Waals surface area contributed by atoms with Crippen molar-refractivity contribution in [3.8, 4) is 0 Å². The van der Waals surface area contributed by atoms with Gasteiger partial charge in [0.1, 0.15) is 11.4 Å². The molecule has 0 heterocycles. The van der Waals surface area contributed by atoms with Crippen molar-refractivity contribution in [3.05, 3.63) is 0 Å². The molecule has 0 saturated carbocycles. The largest absolute Gasteiger partial charge is 0.480 e. The lowest BCUT2D eigenvalue weighted by Crippen LogP contribution is -2.23. The molecule has 6 heteroatoms. The Morgan fingerprint density at radius 1 is 1.46 bits per heavy atom. The van der Waals surface area contributed by atoms with Crippen LogP contribution in [-0.4, -0.2) is 36.7 Å². The minimum Gasteiger partial charge on any atom is -0.480 e. The molecule has 0 aromatic carbocycles. The molecule has 4 nitrogen and oxygen atoms in total. The fourth-order valence-electron chi connectivity index (χ4n) is 0.658. The average Bonchev–Trinajstić information content (AvgIpc) is 1.79. The van der Waals surface area contributed by atoms with E-state index in [1.807, 2.05) is 0 Å². The highest BCUT2D eigenvalue weighted by Crippen LogP contribution is 2.14. The van der Waals surface area contributed by atoms with E-state index in [0.29, 0.717) is 0 Å². The maximum Gasteiger partial charge on any atom is 0.318 e. The topological polar surface area (TPSA) is 71.4 Å².